The van der Waals surface area contributed by atoms with E-state index in [1.54, 1.807) is 12.2 Å². The van der Waals surface area contributed by atoms with E-state index in [9.17, 15) is 5.11 Å². The van der Waals surface area contributed by atoms with Crippen molar-refractivity contribution in [1.82, 2.24) is 0 Å². The Morgan fingerprint density at radius 1 is 1.05 bits per heavy atom. The molecule has 0 aliphatic heterocycles. The van der Waals surface area contributed by atoms with Crippen molar-refractivity contribution in [2.45, 2.75) is 31.8 Å². The Hall–Kier alpha value is -1.46. The summed E-state index contributed by atoms with van der Waals surface area (Å²) < 4.78 is 16.4. The number of allylic oxidation sites excluding steroid dienone is 2. The first-order valence-corrected chi connectivity index (χ1v) is 7.70. The molecule has 4 heteroatoms. The van der Waals surface area contributed by atoms with Crippen LogP contribution < -0.4 is 0 Å². The molecule has 1 aliphatic rings. The van der Waals surface area contributed by atoms with Crippen LogP contribution in [0.25, 0.3) is 0 Å². The van der Waals surface area contributed by atoms with Crippen molar-refractivity contribution >= 4 is 0 Å². The molecule has 0 radical (unpaired) electrons. The number of aliphatic hydroxyl groups is 1. The molecule has 0 saturated heterocycles. The number of hydrogen-bond acceptors (Lipinski definition) is 4. The molecule has 1 aromatic rings. The van der Waals surface area contributed by atoms with E-state index in [1.165, 1.54) is 5.56 Å². The van der Waals surface area contributed by atoms with Gasteiger partial charge in [0.05, 0.1) is 0 Å². The Labute approximate surface area is 132 Å². The van der Waals surface area contributed by atoms with Crippen molar-refractivity contribution in [3.63, 3.8) is 0 Å². The number of ether oxygens (including phenoxy) is 3. The van der Waals surface area contributed by atoms with Gasteiger partial charge in [-0.05, 0) is 31.6 Å². The molecule has 0 unspecified atom stereocenters. The van der Waals surface area contributed by atoms with Crippen molar-refractivity contribution < 1.29 is 19.3 Å². The first-order chi connectivity index (χ1) is 10.7. The lowest BCUT2D eigenvalue weighted by Gasteiger charge is -2.28. The maximum Gasteiger partial charge on any atom is 0.205 e. The average Bonchev–Trinajstić information content (AvgIpc) is 2.55. The SMILES string of the molecule is CCOC(COC1(O)C=CC(c2ccccc2)C=C1)OCC. The van der Waals surface area contributed by atoms with Gasteiger partial charge in [-0.15, -0.1) is 0 Å². The van der Waals surface area contributed by atoms with Crippen LogP contribution in [-0.4, -0.2) is 37.0 Å². The standard InChI is InChI=1S/C18H24O4/c1-3-20-17(21-4-2)14-22-18(19)12-10-16(11-13-18)15-8-6-5-7-9-15/h5-13,16-17,19H,3-4,14H2,1-2H3. The van der Waals surface area contributed by atoms with E-state index in [2.05, 4.69) is 12.1 Å². The Bertz CT molecular complexity index is 475. The highest BCUT2D eigenvalue weighted by Gasteiger charge is 2.26. The summed E-state index contributed by atoms with van der Waals surface area (Å²) in [6.45, 7) is 5.03. The summed E-state index contributed by atoms with van der Waals surface area (Å²) in [7, 11) is 0. The van der Waals surface area contributed by atoms with Gasteiger partial charge in [0.2, 0.25) is 5.79 Å². The van der Waals surface area contributed by atoms with Crippen LogP contribution in [0, 0.1) is 0 Å². The number of benzene rings is 1. The molecule has 0 bridgehead atoms. The summed E-state index contributed by atoms with van der Waals surface area (Å²) >= 11 is 0. The van der Waals surface area contributed by atoms with E-state index in [-0.39, 0.29) is 12.5 Å². The smallest absolute Gasteiger partial charge is 0.205 e. The van der Waals surface area contributed by atoms with Crippen molar-refractivity contribution in [3.8, 4) is 0 Å². The highest BCUT2D eigenvalue weighted by atomic mass is 16.7. The average molecular weight is 304 g/mol. The molecule has 0 amide bonds. The Balaban J connectivity index is 1.92. The third-order valence-electron chi connectivity index (χ3n) is 3.42. The van der Waals surface area contributed by atoms with Crippen LogP contribution in [0.15, 0.2) is 54.6 Å². The maximum absolute atomic E-state index is 10.4. The van der Waals surface area contributed by atoms with Crippen LogP contribution in [0.4, 0.5) is 0 Å². The topological polar surface area (TPSA) is 47.9 Å². The maximum atomic E-state index is 10.4. The lowest BCUT2D eigenvalue weighted by atomic mass is 9.93. The van der Waals surface area contributed by atoms with Crippen LogP contribution in [0.2, 0.25) is 0 Å². The van der Waals surface area contributed by atoms with E-state index in [0.29, 0.717) is 13.2 Å². The van der Waals surface area contributed by atoms with Gasteiger partial charge in [0.1, 0.15) is 6.61 Å². The zero-order valence-electron chi connectivity index (χ0n) is 13.1. The fourth-order valence-electron chi connectivity index (χ4n) is 2.31. The highest BCUT2D eigenvalue weighted by molar-refractivity contribution is 5.33. The minimum Gasteiger partial charge on any atom is -0.359 e. The Morgan fingerprint density at radius 2 is 1.64 bits per heavy atom. The zero-order chi connectivity index (χ0) is 15.8. The molecule has 0 aromatic heterocycles. The molecular formula is C18H24O4. The van der Waals surface area contributed by atoms with Gasteiger partial charge in [0, 0.05) is 19.1 Å². The van der Waals surface area contributed by atoms with E-state index in [4.69, 9.17) is 14.2 Å². The van der Waals surface area contributed by atoms with Crippen molar-refractivity contribution in [2.75, 3.05) is 19.8 Å². The molecule has 1 aromatic carbocycles. The van der Waals surface area contributed by atoms with Gasteiger partial charge in [-0.25, -0.2) is 0 Å². The summed E-state index contributed by atoms with van der Waals surface area (Å²) in [5.74, 6) is -1.25. The molecule has 0 fully saturated rings. The summed E-state index contributed by atoms with van der Waals surface area (Å²) in [6.07, 6.45) is 6.74. The molecule has 0 saturated carbocycles. The van der Waals surface area contributed by atoms with E-state index in [1.807, 2.05) is 44.2 Å². The summed E-state index contributed by atoms with van der Waals surface area (Å²) in [5, 5.41) is 10.4. The van der Waals surface area contributed by atoms with Gasteiger partial charge in [-0.1, -0.05) is 42.5 Å². The Kier molecular flexibility index (Phi) is 6.34. The highest BCUT2D eigenvalue weighted by Crippen LogP contribution is 2.27. The normalized spacial score (nSPS) is 24.1. The van der Waals surface area contributed by atoms with E-state index in [0.717, 1.165) is 0 Å². The third-order valence-corrected chi connectivity index (χ3v) is 3.42. The second-order valence-corrected chi connectivity index (χ2v) is 5.06. The Morgan fingerprint density at radius 3 is 2.18 bits per heavy atom. The zero-order valence-corrected chi connectivity index (χ0v) is 13.1. The predicted molar refractivity (Wildman–Crippen MR) is 85.4 cm³/mol. The fourth-order valence-corrected chi connectivity index (χ4v) is 2.31. The van der Waals surface area contributed by atoms with Crippen molar-refractivity contribution in [3.05, 3.63) is 60.2 Å². The van der Waals surface area contributed by atoms with E-state index < -0.39 is 12.1 Å². The summed E-state index contributed by atoms with van der Waals surface area (Å²) in [4.78, 5) is 0. The van der Waals surface area contributed by atoms with Gasteiger partial charge in [-0.3, -0.25) is 0 Å². The second-order valence-electron chi connectivity index (χ2n) is 5.06. The summed E-state index contributed by atoms with van der Waals surface area (Å²) in [5.41, 5.74) is 1.18. The molecule has 1 aliphatic carbocycles. The van der Waals surface area contributed by atoms with Crippen LogP contribution >= 0.6 is 0 Å². The van der Waals surface area contributed by atoms with Crippen molar-refractivity contribution in [2.24, 2.45) is 0 Å². The molecule has 1 N–H and O–H groups in total. The molecule has 120 valence electrons. The first-order valence-electron chi connectivity index (χ1n) is 7.70. The predicted octanol–water partition coefficient (Wildman–Crippen LogP) is 3.00. The number of hydrogen-bond donors (Lipinski definition) is 1. The van der Waals surface area contributed by atoms with Gasteiger partial charge < -0.3 is 19.3 Å². The first kappa shape index (κ1) is 16.9. The molecule has 0 atom stereocenters. The van der Waals surface area contributed by atoms with Crippen LogP contribution in [0.5, 0.6) is 0 Å². The third kappa shape index (κ3) is 4.78. The quantitative estimate of drug-likeness (QED) is 0.592. The van der Waals surface area contributed by atoms with Crippen LogP contribution in [0.3, 0.4) is 0 Å². The fraction of sp³-hybridized carbons (Fsp3) is 0.444. The summed E-state index contributed by atoms with van der Waals surface area (Å²) in [6, 6.07) is 10.1. The van der Waals surface area contributed by atoms with Gasteiger partial charge in [0.25, 0.3) is 0 Å². The van der Waals surface area contributed by atoms with Crippen molar-refractivity contribution in [1.29, 1.82) is 0 Å². The monoisotopic (exact) mass is 304 g/mol. The van der Waals surface area contributed by atoms with Gasteiger partial charge in [-0.2, -0.15) is 0 Å². The molecule has 0 spiro atoms. The van der Waals surface area contributed by atoms with Gasteiger partial charge in [0.15, 0.2) is 6.29 Å². The minimum absolute atomic E-state index is 0.152. The molecule has 2 rings (SSSR count). The lowest BCUT2D eigenvalue weighted by molar-refractivity contribution is -0.216. The van der Waals surface area contributed by atoms with E-state index >= 15 is 0 Å². The second kappa shape index (κ2) is 8.25. The lowest BCUT2D eigenvalue weighted by Crippen LogP contribution is -2.34. The van der Waals surface area contributed by atoms with Crippen LogP contribution in [0.1, 0.15) is 25.3 Å². The molecule has 4 nitrogen and oxygen atoms in total. The molecule has 0 heterocycles. The van der Waals surface area contributed by atoms with Gasteiger partial charge >= 0.3 is 0 Å². The number of rotatable bonds is 8. The minimum atomic E-state index is -1.41. The molecular weight excluding hydrogens is 280 g/mol. The molecule has 22 heavy (non-hydrogen) atoms. The largest absolute Gasteiger partial charge is 0.359 e. The van der Waals surface area contributed by atoms with Crippen LogP contribution in [-0.2, 0) is 14.2 Å².